The third-order valence-corrected chi connectivity index (χ3v) is 4.19. The molecule has 1 atom stereocenters. The summed E-state index contributed by atoms with van der Waals surface area (Å²) in [5.74, 6) is 0.0159. The lowest BCUT2D eigenvalue weighted by Gasteiger charge is -2.16. The zero-order valence-corrected chi connectivity index (χ0v) is 12.2. The highest BCUT2D eigenvalue weighted by atomic mass is 16.1. The summed E-state index contributed by atoms with van der Waals surface area (Å²) >= 11 is 0. The van der Waals surface area contributed by atoms with Crippen LogP contribution >= 0.6 is 0 Å². The van der Waals surface area contributed by atoms with Gasteiger partial charge in [0.2, 0.25) is 0 Å². The predicted molar refractivity (Wildman–Crippen MR) is 85.2 cm³/mol. The zero-order valence-electron chi connectivity index (χ0n) is 12.2. The average Bonchev–Trinajstić information content (AvgIpc) is 2.89. The van der Waals surface area contributed by atoms with Crippen LogP contribution in [0.25, 0.3) is 0 Å². The van der Waals surface area contributed by atoms with E-state index in [0.717, 1.165) is 36.1 Å². The molecule has 21 heavy (non-hydrogen) atoms. The van der Waals surface area contributed by atoms with E-state index in [1.54, 1.807) is 0 Å². The number of rotatable bonds is 3. The van der Waals surface area contributed by atoms with E-state index in [4.69, 9.17) is 5.73 Å². The molecule has 2 aromatic carbocycles. The van der Waals surface area contributed by atoms with Crippen LogP contribution < -0.4 is 11.1 Å². The lowest BCUT2D eigenvalue weighted by molar-refractivity contribution is 0.0936. The van der Waals surface area contributed by atoms with Gasteiger partial charge in [-0.3, -0.25) is 4.79 Å². The number of nitrogens with two attached hydrogens (primary N) is 1. The molecule has 0 saturated carbocycles. The SMILES string of the molecule is CCc1ccccc1C(=O)NC1CCc2cc(N)ccc21. The quantitative estimate of drug-likeness (QED) is 0.848. The maximum absolute atomic E-state index is 12.5. The molecule has 0 aliphatic heterocycles. The van der Waals surface area contributed by atoms with Crippen molar-refractivity contribution in [2.75, 3.05) is 5.73 Å². The number of carbonyl (C=O) groups is 1. The Morgan fingerprint density at radius 1 is 1.29 bits per heavy atom. The molecule has 2 aromatic rings. The average molecular weight is 280 g/mol. The summed E-state index contributed by atoms with van der Waals surface area (Å²) in [7, 11) is 0. The Morgan fingerprint density at radius 2 is 2.10 bits per heavy atom. The number of hydrogen-bond acceptors (Lipinski definition) is 2. The number of hydrogen-bond donors (Lipinski definition) is 2. The van der Waals surface area contributed by atoms with Crippen molar-refractivity contribution in [2.24, 2.45) is 0 Å². The molecule has 0 spiro atoms. The Bertz CT molecular complexity index is 679. The van der Waals surface area contributed by atoms with Gasteiger partial charge in [-0.05, 0) is 54.2 Å². The van der Waals surface area contributed by atoms with E-state index in [-0.39, 0.29) is 11.9 Å². The van der Waals surface area contributed by atoms with Crippen LogP contribution in [0.3, 0.4) is 0 Å². The Morgan fingerprint density at radius 3 is 2.90 bits per heavy atom. The van der Waals surface area contributed by atoms with Crippen LogP contribution in [0.2, 0.25) is 0 Å². The third-order valence-electron chi connectivity index (χ3n) is 4.19. The van der Waals surface area contributed by atoms with Crippen LogP contribution in [-0.4, -0.2) is 5.91 Å². The number of aryl methyl sites for hydroxylation is 2. The van der Waals surface area contributed by atoms with Crippen LogP contribution in [-0.2, 0) is 12.8 Å². The van der Waals surface area contributed by atoms with Crippen molar-refractivity contribution in [1.29, 1.82) is 0 Å². The van der Waals surface area contributed by atoms with E-state index in [2.05, 4.69) is 12.2 Å². The molecule has 0 heterocycles. The van der Waals surface area contributed by atoms with Gasteiger partial charge in [0.05, 0.1) is 6.04 Å². The Kier molecular flexibility index (Phi) is 3.65. The topological polar surface area (TPSA) is 55.1 Å². The molecule has 0 saturated heterocycles. The second kappa shape index (κ2) is 5.60. The molecule has 3 heteroatoms. The molecule has 1 aliphatic carbocycles. The number of nitrogens with one attached hydrogen (secondary N) is 1. The van der Waals surface area contributed by atoms with Crippen molar-refractivity contribution in [3.05, 3.63) is 64.7 Å². The molecular weight excluding hydrogens is 260 g/mol. The Balaban J connectivity index is 1.81. The molecule has 3 rings (SSSR count). The van der Waals surface area contributed by atoms with Gasteiger partial charge in [0.1, 0.15) is 0 Å². The van der Waals surface area contributed by atoms with Crippen molar-refractivity contribution in [2.45, 2.75) is 32.2 Å². The van der Waals surface area contributed by atoms with Gasteiger partial charge in [0.25, 0.3) is 5.91 Å². The van der Waals surface area contributed by atoms with Crippen LogP contribution in [0.4, 0.5) is 5.69 Å². The first-order valence-corrected chi connectivity index (χ1v) is 7.46. The molecule has 0 radical (unpaired) electrons. The van der Waals surface area contributed by atoms with E-state index in [1.165, 1.54) is 11.1 Å². The largest absolute Gasteiger partial charge is 0.399 e. The minimum Gasteiger partial charge on any atom is -0.399 e. The van der Waals surface area contributed by atoms with E-state index < -0.39 is 0 Å². The normalized spacial score (nSPS) is 16.5. The second-order valence-electron chi connectivity index (χ2n) is 5.53. The van der Waals surface area contributed by atoms with Crippen molar-refractivity contribution < 1.29 is 4.79 Å². The van der Waals surface area contributed by atoms with Crippen LogP contribution in [0, 0.1) is 0 Å². The van der Waals surface area contributed by atoms with Crippen molar-refractivity contribution in [1.82, 2.24) is 5.32 Å². The molecule has 3 N–H and O–H groups in total. The summed E-state index contributed by atoms with van der Waals surface area (Å²) in [5, 5.41) is 3.17. The lowest BCUT2D eigenvalue weighted by Crippen LogP contribution is -2.28. The smallest absolute Gasteiger partial charge is 0.252 e. The van der Waals surface area contributed by atoms with E-state index in [1.807, 2.05) is 42.5 Å². The van der Waals surface area contributed by atoms with Crippen LogP contribution in [0.5, 0.6) is 0 Å². The summed E-state index contributed by atoms with van der Waals surface area (Å²) in [4.78, 5) is 12.5. The van der Waals surface area contributed by atoms with Crippen molar-refractivity contribution >= 4 is 11.6 Å². The van der Waals surface area contributed by atoms with Crippen molar-refractivity contribution in [3.8, 4) is 0 Å². The Hall–Kier alpha value is -2.29. The van der Waals surface area contributed by atoms with E-state index >= 15 is 0 Å². The standard InChI is InChI=1S/C18H20N2O/c1-2-12-5-3-4-6-16(12)18(21)20-17-10-7-13-11-14(19)8-9-15(13)17/h3-6,8-9,11,17H,2,7,10,19H2,1H3,(H,20,21). The minimum atomic E-state index is 0.0159. The van der Waals surface area contributed by atoms with E-state index in [9.17, 15) is 4.79 Å². The van der Waals surface area contributed by atoms with Gasteiger partial charge in [-0.1, -0.05) is 31.2 Å². The lowest BCUT2D eigenvalue weighted by atomic mass is 10.0. The van der Waals surface area contributed by atoms with Gasteiger partial charge in [-0.15, -0.1) is 0 Å². The minimum absolute atomic E-state index is 0.0159. The fourth-order valence-corrected chi connectivity index (χ4v) is 3.07. The fourth-order valence-electron chi connectivity index (χ4n) is 3.07. The first-order chi connectivity index (χ1) is 10.2. The molecule has 1 unspecified atom stereocenters. The molecule has 0 fully saturated rings. The number of fused-ring (bicyclic) bond motifs is 1. The van der Waals surface area contributed by atoms with Gasteiger partial charge in [-0.25, -0.2) is 0 Å². The van der Waals surface area contributed by atoms with Gasteiger partial charge in [-0.2, -0.15) is 0 Å². The van der Waals surface area contributed by atoms with E-state index in [0.29, 0.717) is 0 Å². The molecule has 108 valence electrons. The van der Waals surface area contributed by atoms with Gasteiger partial charge < -0.3 is 11.1 Å². The summed E-state index contributed by atoms with van der Waals surface area (Å²) in [6.45, 7) is 2.07. The fraction of sp³-hybridized carbons (Fsp3) is 0.278. The molecule has 0 bridgehead atoms. The maximum Gasteiger partial charge on any atom is 0.252 e. The monoisotopic (exact) mass is 280 g/mol. The molecule has 3 nitrogen and oxygen atoms in total. The third kappa shape index (κ3) is 2.64. The van der Waals surface area contributed by atoms with Gasteiger partial charge in [0, 0.05) is 11.3 Å². The van der Waals surface area contributed by atoms with Crippen LogP contribution in [0.1, 0.15) is 46.4 Å². The molecule has 1 amide bonds. The van der Waals surface area contributed by atoms with Crippen LogP contribution in [0.15, 0.2) is 42.5 Å². The molecule has 1 aliphatic rings. The first-order valence-electron chi connectivity index (χ1n) is 7.46. The van der Waals surface area contributed by atoms with Gasteiger partial charge in [0.15, 0.2) is 0 Å². The highest BCUT2D eigenvalue weighted by Crippen LogP contribution is 2.32. The predicted octanol–water partition coefficient (Wildman–Crippen LogP) is 3.25. The summed E-state index contributed by atoms with van der Waals surface area (Å²) in [6.07, 6.45) is 2.78. The second-order valence-corrected chi connectivity index (χ2v) is 5.53. The highest BCUT2D eigenvalue weighted by Gasteiger charge is 2.24. The van der Waals surface area contributed by atoms with Crippen molar-refractivity contribution in [3.63, 3.8) is 0 Å². The number of benzene rings is 2. The highest BCUT2D eigenvalue weighted by molar-refractivity contribution is 5.96. The maximum atomic E-state index is 12.5. The first kappa shape index (κ1) is 13.7. The molecule has 0 aromatic heterocycles. The number of anilines is 1. The Labute approximate surface area is 125 Å². The summed E-state index contributed by atoms with van der Waals surface area (Å²) in [6, 6.07) is 13.9. The summed E-state index contributed by atoms with van der Waals surface area (Å²) < 4.78 is 0. The van der Waals surface area contributed by atoms with Gasteiger partial charge >= 0.3 is 0 Å². The number of amides is 1. The zero-order chi connectivity index (χ0) is 14.8. The number of nitrogen functional groups attached to an aromatic ring is 1. The number of carbonyl (C=O) groups excluding carboxylic acids is 1. The molecular formula is C18H20N2O. The summed E-state index contributed by atoms with van der Waals surface area (Å²) in [5.41, 5.74) is 10.9.